The van der Waals surface area contributed by atoms with Gasteiger partial charge in [0.2, 0.25) is 0 Å². The van der Waals surface area contributed by atoms with E-state index in [2.05, 4.69) is 43.0 Å². The second-order valence-electron chi connectivity index (χ2n) is 7.79. The van der Waals surface area contributed by atoms with Gasteiger partial charge in [0.05, 0.1) is 11.7 Å². The van der Waals surface area contributed by atoms with Crippen molar-refractivity contribution >= 4 is 0 Å². The van der Waals surface area contributed by atoms with Crippen molar-refractivity contribution in [1.82, 2.24) is 15.1 Å². The van der Waals surface area contributed by atoms with E-state index in [4.69, 9.17) is 5.10 Å². The molecule has 2 unspecified atom stereocenters. The fraction of sp³-hybridized carbons (Fsp3) is 0.833. The molecule has 1 N–H and O–H groups in total. The van der Waals surface area contributed by atoms with Crippen LogP contribution in [-0.4, -0.2) is 22.4 Å². The van der Waals surface area contributed by atoms with Crippen LogP contribution in [0.2, 0.25) is 0 Å². The Kier molecular flexibility index (Phi) is 4.39. The molecule has 0 radical (unpaired) electrons. The van der Waals surface area contributed by atoms with Gasteiger partial charge in [0.25, 0.3) is 0 Å². The molecule has 0 bridgehead atoms. The van der Waals surface area contributed by atoms with Crippen LogP contribution in [0.5, 0.6) is 0 Å². The van der Waals surface area contributed by atoms with E-state index >= 15 is 0 Å². The highest BCUT2D eigenvalue weighted by atomic mass is 15.3. The third kappa shape index (κ3) is 3.50. The van der Waals surface area contributed by atoms with E-state index in [0.29, 0.717) is 17.5 Å². The molecule has 1 heterocycles. The van der Waals surface area contributed by atoms with Gasteiger partial charge in [-0.2, -0.15) is 5.10 Å². The molecule has 0 amide bonds. The third-order valence-electron chi connectivity index (χ3n) is 5.52. The van der Waals surface area contributed by atoms with Gasteiger partial charge in [0.15, 0.2) is 0 Å². The zero-order chi connectivity index (χ0) is 14.9. The highest BCUT2D eigenvalue weighted by molar-refractivity contribution is 5.09. The summed E-state index contributed by atoms with van der Waals surface area (Å²) in [6.07, 6.45) is 11.2. The van der Waals surface area contributed by atoms with Gasteiger partial charge in [0.1, 0.15) is 0 Å². The van der Waals surface area contributed by atoms with E-state index in [1.54, 1.807) is 0 Å². The minimum atomic E-state index is 0.527. The normalized spacial score (nSPS) is 26.1. The highest BCUT2D eigenvalue weighted by Crippen LogP contribution is 2.54. The van der Waals surface area contributed by atoms with Crippen molar-refractivity contribution < 1.29 is 0 Å². The first kappa shape index (κ1) is 15.1. The zero-order valence-electron chi connectivity index (χ0n) is 13.9. The monoisotopic (exact) mass is 289 g/mol. The zero-order valence-corrected chi connectivity index (χ0v) is 13.9. The van der Waals surface area contributed by atoms with Gasteiger partial charge in [-0.3, -0.25) is 4.68 Å². The Morgan fingerprint density at radius 1 is 1.38 bits per heavy atom. The molecule has 0 aliphatic heterocycles. The topological polar surface area (TPSA) is 29.9 Å². The summed E-state index contributed by atoms with van der Waals surface area (Å²) in [5.41, 5.74) is 1.80. The number of hydrogen-bond acceptors (Lipinski definition) is 2. The molecule has 2 fully saturated rings. The summed E-state index contributed by atoms with van der Waals surface area (Å²) < 4.78 is 2.23. The lowest BCUT2D eigenvalue weighted by molar-refractivity contribution is 0.395. The van der Waals surface area contributed by atoms with Gasteiger partial charge in [-0.25, -0.2) is 0 Å². The molecule has 3 heteroatoms. The smallest absolute Gasteiger partial charge is 0.0640 e. The lowest BCUT2D eigenvalue weighted by Crippen LogP contribution is -2.35. The number of hydrogen-bond donors (Lipinski definition) is 1. The SMILES string of the molecule is CCCNC(Cc1ccn(C2CCCC2)n1)C1CC1(C)C. The Morgan fingerprint density at radius 3 is 2.71 bits per heavy atom. The minimum Gasteiger partial charge on any atom is -0.313 e. The fourth-order valence-corrected chi connectivity index (χ4v) is 3.96. The second-order valence-corrected chi connectivity index (χ2v) is 7.79. The second kappa shape index (κ2) is 6.12. The van der Waals surface area contributed by atoms with E-state index < -0.39 is 0 Å². The molecule has 2 atom stereocenters. The molecule has 2 saturated carbocycles. The molecule has 0 saturated heterocycles. The predicted octanol–water partition coefficient (Wildman–Crippen LogP) is 3.96. The molecule has 118 valence electrons. The van der Waals surface area contributed by atoms with Crippen LogP contribution in [0, 0.1) is 11.3 Å². The first-order chi connectivity index (χ1) is 10.1. The highest BCUT2D eigenvalue weighted by Gasteiger charge is 2.49. The van der Waals surface area contributed by atoms with Crippen molar-refractivity contribution in [2.24, 2.45) is 11.3 Å². The van der Waals surface area contributed by atoms with Crippen molar-refractivity contribution in [3.05, 3.63) is 18.0 Å². The molecule has 3 rings (SSSR count). The van der Waals surface area contributed by atoms with Gasteiger partial charge in [-0.15, -0.1) is 0 Å². The van der Waals surface area contributed by atoms with Gasteiger partial charge < -0.3 is 5.32 Å². The van der Waals surface area contributed by atoms with E-state index in [9.17, 15) is 0 Å². The quantitative estimate of drug-likeness (QED) is 0.823. The van der Waals surface area contributed by atoms with Crippen LogP contribution in [0.3, 0.4) is 0 Å². The standard InChI is InChI=1S/C18H31N3/c1-4-10-19-17(16-13-18(16,2)3)12-14-9-11-21(20-14)15-7-5-6-8-15/h9,11,15-17,19H,4-8,10,12-13H2,1-3H3. The van der Waals surface area contributed by atoms with Crippen LogP contribution in [0.15, 0.2) is 12.3 Å². The van der Waals surface area contributed by atoms with E-state index in [0.717, 1.165) is 18.9 Å². The summed E-state index contributed by atoms with van der Waals surface area (Å²) in [6, 6.07) is 3.51. The first-order valence-corrected chi connectivity index (χ1v) is 8.87. The molecule has 2 aliphatic carbocycles. The summed E-state index contributed by atoms with van der Waals surface area (Å²) in [7, 11) is 0. The number of rotatable bonds is 7. The van der Waals surface area contributed by atoms with Gasteiger partial charge in [0, 0.05) is 18.7 Å². The maximum atomic E-state index is 4.87. The molecule has 21 heavy (non-hydrogen) atoms. The third-order valence-corrected chi connectivity index (χ3v) is 5.52. The van der Waals surface area contributed by atoms with Crippen molar-refractivity contribution in [3.8, 4) is 0 Å². The Morgan fingerprint density at radius 2 is 2.10 bits per heavy atom. The minimum absolute atomic E-state index is 0.527. The van der Waals surface area contributed by atoms with Crippen molar-refractivity contribution in [2.75, 3.05) is 6.54 Å². The largest absolute Gasteiger partial charge is 0.313 e. The summed E-state index contributed by atoms with van der Waals surface area (Å²) in [4.78, 5) is 0. The Bertz CT molecular complexity index is 457. The maximum absolute atomic E-state index is 4.87. The van der Waals surface area contributed by atoms with Crippen molar-refractivity contribution in [1.29, 1.82) is 0 Å². The van der Waals surface area contributed by atoms with Crippen LogP contribution in [0.4, 0.5) is 0 Å². The number of nitrogens with one attached hydrogen (secondary N) is 1. The van der Waals surface area contributed by atoms with E-state index in [1.165, 1.54) is 44.2 Å². The summed E-state index contributed by atoms with van der Waals surface area (Å²) in [6.45, 7) is 8.17. The van der Waals surface area contributed by atoms with Crippen LogP contribution >= 0.6 is 0 Å². The van der Waals surface area contributed by atoms with Crippen molar-refractivity contribution in [2.45, 2.75) is 77.8 Å². The van der Waals surface area contributed by atoms with Gasteiger partial charge in [-0.1, -0.05) is 33.6 Å². The molecule has 3 nitrogen and oxygen atoms in total. The van der Waals surface area contributed by atoms with Crippen LogP contribution < -0.4 is 5.32 Å². The predicted molar refractivity (Wildman–Crippen MR) is 87.4 cm³/mol. The molecule has 2 aliphatic rings. The van der Waals surface area contributed by atoms with Gasteiger partial charge in [-0.05, 0) is 49.6 Å². The van der Waals surface area contributed by atoms with E-state index in [1.807, 2.05) is 0 Å². The fourth-order valence-electron chi connectivity index (χ4n) is 3.96. The average Bonchev–Trinajstić information content (AvgIpc) is 2.93. The van der Waals surface area contributed by atoms with Crippen molar-refractivity contribution in [3.63, 3.8) is 0 Å². The summed E-state index contributed by atoms with van der Waals surface area (Å²) in [5, 5.41) is 8.64. The van der Waals surface area contributed by atoms with Crippen LogP contribution in [0.25, 0.3) is 0 Å². The lowest BCUT2D eigenvalue weighted by atomic mass is 10.00. The Labute approximate surface area is 129 Å². The first-order valence-electron chi connectivity index (χ1n) is 8.87. The molecule has 0 aromatic carbocycles. The maximum Gasteiger partial charge on any atom is 0.0640 e. The van der Waals surface area contributed by atoms with Crippen LogP contribution in [-0.2, 0) is 6.42 Å². The molecular weight excluding hydrogens is 258 g/mol. The van der Waals surface area contributed by atoms with Gasteiger partial charge >= 0.3 is 0 Å². The summed E-state index contributed by atoms with van der Waals surface area (Å²) >= 11 is 0. The molecule has 1 aromatic rings. The van der Waals surface area contributed by atoms with Crippen LogP contribution in [0.1, 0.15) is 71.0 Å². The number of nitrogens with zero attached hydrogens (tertiary/aromatic N) is 2. The molecule has 1 aromatic heterocycles. The number of aromatic nitrogens is 2. The average molecular weight is 289 g/mol. The molecule has 0 spiro atoms. The Hall–Kier alpha value is -0.830. The van der Waals surface area contributed by atoms with E-state index in [-0.39, 0.29) is 0 Å². The molecular formula is C18H31N3. The lowest BCUT2D eigenvalue weighted by Gasteiger charge is -2.19. The Balaban J connectivity index is 1.62. The summed E-state index contributed by atoms with van der Waals surface area (Å²) in [5.74, 6) is 0.820.